The Morgan fingerprint density at radius 2 is 1.29 bits per heavy atom. The predicted octanol–water partition coefficient (Wildman–Crippen LogP) is 5.42. The number of hydrogen-bond donors (Lipinski definition) is 0. The molecule has 0 N–H and O–H groups in total. The molecule has 4 aromatic rings. The minimum absolute atomic E-state index is 0.355. The first kappa shape index (κ1) is 25.8. The second-order valence-electron chi connectivity index (χ2n) is 10.6. The van der Waals surface area contributed by atoms with E-state index in [1.807, 2.05) is 102 Å². The van der Waals surface area contributed by atoms with Gasteiger partial charge in [-0.25, -0.2) is 9.69 Å². The first-order valence-corrected chi connectivity index (χ1v) is 14.0. The number of imide groups is 1. The van der Waals surface area contributed by atoms with Crippen LogP contribution in [0.1, 0.15) is 22.8 Å². The van der Waals surface area contributed by atoms with Crippen LogP contribution < -0.4 is 14.5 Å². The maximum atomic E-state index is 14.4. The molecule has 0 aromatic heterocycles. The van der Waals surface area contributed by atoms with Gasteiger partial charge < -0.3 is 14.4 Å². The molecule has 42 heavy (non-hydrogen) atoms. The van der Waals surface area contributed by atoms with Crippen molar-refractivity contribution in [2.75, 3.05) is 16.9 Å². The van der Waals surface area contributed by atoms with Crippen LogP contribution in [-0.4, -0.2) is 37.0 Å². The zero-order valence-corrected chi connectivity index (χ0v) is 22.9. The lowest BCUT2D eigenvalue weighted by Crippen LogP contribution is -2.49. The standard InChI is InChI=1S/C35H28N2O5/c1-41-28-19-11-10-18-26(28)37-33(38)29-27-21-20-22-12-8-9-17-25(22)36(27)31(30(29)34(37)39)35(40)42-32(23-13-4-2-5-14-23)24-15-6-3-7-16-24/h2-21,27,29-32H,1H3/t27-,29-,30-,31+/m0/s1. The van der Waals surface area contributed by atoms with Gasteiger partial charge in [0.1, 0.15) is 11.8 Å². The molecular formula is C35H28N2O5. The molecule has 0 unspecified atom stereocenters. The third-order valence-corrected chi connectivity index (χ3v) is 8.42. The van der Waals surface area contributed by atoms with E-state index >= 15 is 0 Å². The Bertz CT molecular complexity index is 1660. The first-order chi connectivity index (χ1) is 20.6. The van der Waals surface area contributed by atoms with Gasteiger partial charge >= 0.3 is 5.97 Å². The van der Waals surface area contributed by atoms with Crippen molar-refractivity contribution in [3.63, 3.8) is 0 Å². The number of fused-ring (bicyclic) bond motifs is 5. The van der Waals surface area contributed by atoms with Crippen molar-refractivity contribution in [2.24, 2.45) is 11.8 Å². The molecule has 7 nitrogen and oxygen atoms in total. The second kappa shape index (κ2) is 10.3. The minimum atomic E-state index is -1.02. The number of carbonyl (C=O) groups is 3. The Balaban J connectivity index is 1.33. The summed E-state index contributed by atoms with van der Waals surface area (Å²) in [6, 6.07) is 32.2. The molecule has 3 aliphatic heterocycles. The lowest BCUT2D eigenvalue weighted by atomic mass is 9.88. The molecule has 2 fully saturated rings. The highest BCUT2D eigenvalue weighted by Gasteiger charge is 2.65. The van der Waals surface area contributed by atoms with Gasteiger partial charge in [-0.1, -0.05) is 103 Å². The molecule has 7 heteroatoms. The highest BCUT2D eigenvalue weighted by molar-refractivity contribution is 6.25. The van der Waals surface area contributed by atoms with Crippen molar-refractivity contribution >= 4 is 35.2 Å². The molecule has 208 valence electrons. The average Bonchev–Trinajstić information content (AvgIpc) is 3.52. The molecule has 3 aliphatic rings. The van der Waals surface area contributed by atoms with E-state index in [2.05, 4.69) is 0 Å². The van der Waals surface area contributed by atoms with Gasteiger partial charge in [0.2, 0.25) is 11.8 Å². The third-order valence-electron chi connectivity index (χ3n) is 8.42. The number of amides is 2. The van der Waals surface area contributed by atoms with Gasteiger partial charge in [0.25, 0.3) is 0 Å². The van der Waals surface area contributed by atoms with Gasteiger partial charge in [-0.15, -0.1) is 0 Å². The van der Waals surface area contributed by atoms with Crippen molar-refractivity contribution in [3.05, 3.63) is 132 Å². The van der Waals surface area contributed by atoms with Crippen molar-refractivity contribution < 1.29 is 23.9 Å². The van der Waals surface area contributed by atoms with Crippen LogP contribution in [0.15, 0.2) is 115 Å². The fourth-order valence-corrected chi connectivity index (χ4v) is 6.61. The van der Waals surface area contributed by atoms with Gasteiger partial charge in [0, 0.05) is 5.69 Å². The predicted molar refractivity (Wildman–Crippen MR) is 159 cm³/mol. The quantitative estimate of drug-likeness (QED) is 0.233. The molecule has 4 aromatic carbocycles. The first-order valence-electron chi connectivity index (χ1n) is 14.0. The summed E-state index contributed by atoms with van der Waals surface area (Å²) in [5.74, 6) is -2.65. The van der Waals surface area contributed by atoms with E-state index < -0.39 is 41.9 Å². The highest BCUT2D eigenvalue weighted by Crippen LogP contribution is 2.50. The van der Waals surface area contributed by atoms with E-state index in [0.717, 1.165) is 22.4 Å². The smallest absolute Gasteiger partial charge is 0.330 e. The topological polar surface area (TPSA) is 76.1 Å². The molecule has 0 spiro atoms. The molecule has 4 atom stereocenters. The van der Waals surface area contributed by atoms with Gasteiger partial charge in [-0.05, 0) is 34.9 Å². The number of anilines is 2. The van der Waals surface area contributed by atoms with Gasteiger partial charge in [-0.3, -0.25) is 9.59 Å². The van der Waals surface area contributed by atoms with Crippen LogP contribution in [0, 0.1) is 11.8 Å². The number of para-hydroxylation sites is 3. The summed E-state index contributed by atoms with van der Waals surface area (Å²) in [7, 11) is 1.50. The van der Waals surface area contributed by atoms with Crippen LogP contribution in [0.25, 0.3) is 6.08 Å². The molecule has 0 bridgehead atoms. The van der Waals surface area contributed by atoms with Crippen molar-refractivity contribution in [3.8, 4) is 5.75 Å². The number of ether oxygens (including phenoxy) is 2. The minimum Gasteiger partial charge on any atom is -0.495 e. The number of esters is 1. The van der Waals surface area contributed by atoms with E-state index in [9.17, 15) is 14.4 Å². The molecule has 3 heterocycles. The number of carbonyl (C=O) groups excluding carboxylic acids is 3. The molecule has 2 saturated heterocycles. The van der Waals surface area contributed by atoms with E-state index in [1.54, 1.807) is 24.3 Å². The fraction of sp³-hybridized carbons (Fsp3) is 0.171. The van der Waals surface area contributed by atoms with Crippen LogP contribution >= 0.6 is 0 Å². The summed E-state index contributed by atoms with van der Waals surface area (Å²) >= 11 is 0. The van der Waals surface area contributed by atoms with E-state index in [-0.39, 0.29) is 5.91 Å². The molecule has 0 radical (unpaired) electrons. The maximum absolute atomic E-state index is 14.4. The summed E-state index contributed by atoms with van der Waals surface area (Å²) in [6.45, 7) is 0. The lowest BCUT2D eigenvalue weighted by molar-refractivity contribution is -0.151. The molecule has 2 amide bonds. The van der Waals surface area contributed by atoms with Crippen LogP contribution in [0.4, 0.5) is 11.4 Å². The number of methoxy groups -OCH3 is 1. The number of nitrogens with zero attached hydrogens (tertiary/aromatic N) is 2. The Hall–Kier alpha value is -5.17. The summed E-state index contributed by atoms with van der Waals surface area (Å²) < 4.78 is 11.8. The molecule has 0 aliphatic carbocycles. The van der Waals surface area contributed by atoms with Crippen LogP contribution in [0.5, 0.6) is 5.75 Å². The van der Waals surface area contributed by atoms with E-state index in [4.69, 9.17) is 9.47 Å². The number of hydrogen-bond acceptors (Lipinski definition) is 6. The summed E-state index contributed by atoms with van der Waals surface area (Å²) in [6.07, 6.45) is 3.20. The van der Waals surface area contributed by atoms with E-state index in [1.165, 1.54) is 12.0 Å². The third kappa shape index (κ3) is 4.00. The zero-order valence-electron chi connectivity index (χ0n) is 22.9. The largest absolute Gasteiger partial charge is 0.495 e. The Kier molecular flexibility index (Phi) is 6.35. The van der Waals surface area contributed by atoms with Crippen LogP contribution in [0.3, 0.4) is 0 Å². The van der Waals surface area contributed by atoms with Crippen LogP contribution in [0.2, 0.25) is 0 Å². The summed E-state index contributed by atoms with van der Waals surface area (Å²) in [5.41, 5.74) is 3.70. The normalized spacial score (nSPS) is 22.1. The van der Waals surface area contributed by atoms with Crippen LogP contribution in [-0.2, 0) is 19.1 Å². The second-order valence-corrected chi connectivity index (χ2v) is 10.6. The number of benzene rings is 4. The van der Waals surface area contributed by atoms with Gasteiger partial charge in [0.15, 0.2) is 6.10 Å². The van der Waals surface area contributed by atoms with Crippen molar-refractivity contribution in [1.29, 1.82) is 0 Å². The van der Waals surface area contributed by atoms with Crippen molar-refractivity contribution in [2.45, 2.75) is 18.2 Å². The Labute approximate surface area is 243 Å². The lowest BCUT2D eigenvalue weighted by Gasteiger charge is -2.36. The summed E-state index contributed by atoms with van der Waals surface area (Å²) in [5, 5.41) is 0. The monoisotopic (exact) mass is 556 g/mol. The molecule has 7 rings (SSSR count). The highest BCUT2D eigenvalue weighted by atomic mass is 16.5. The maximum Gasteiger partial charge on any atom is 0.330 e. The molecular weight excluding hydrogens is 528 g/mol. The fourth-order valence-electron chi connectivity index (χ4n) is 6.61. The summed E-state index contributed by atoms with van der Waals surface area (Å²) in [4.78, 5) is 45.9. The SMILES string of the molecule is COc1ccccc1N1C(=O)[C@@H]2[C@H](C1=O)[C@H](C(=O)OC(c1ccccc1)c1ccccc1)N1c3ccccc3C=C[C@@H]21. The van der Waals surface area contributed by atoms with E-state index in [0.29, 0.717) is 11.4 Å². The van der Waals surface area contributed by atoms with Crippen molar-refractivity contribution in [1.82, 2.24) is 0 Å². The average molecular weight is 557 g/mol. The van der Waals surface area contributed by atoms with Gasteiger partial charge in [-0.2, -0.15) is 0 Å². The number of rotatable bonds is 6. The molecule has 0 saturated carbocycles. The zero-order chi connectivity index (χ0) is 28.8. The Morgan fingerprint density at radius 3 is 1.95 bits per heavy atom. The van der Waals surface area contributed by atoms with Gasteiger partial charge in [0.05, 0.1) is 30.7 Å². The Morgan fingerprint density at radius 1 is 0.714 bits per heavy atom.